The van der Waals surface area contributed by atoms with E-state index in [2.05, 4.69) is 5.32 Å². The predicted octanol–water partition coefficient (Wildman–Crippen LogP) is 2.40. The van der Waals surface area contributed by atoms with Crippen LogP contribution < -0.4 is 15.8 Å². The summed E-state index contributed by atoms with van der Waals surface area (Å²) in [4.78, 5) is 12.0. The monoisotopic (exact) mass is 334 g/mol. The molecule has 4 nitrogen and oxygen atoms in total. The SMILES string of the molecule is CC(COc1ccc(F)cc1F)NC(=O)C1CCC(N)C1.Cl. The van der Waals surface area contributed by atoms with Gasteiger partial charge in [0.25, 0.3) is 0 Å². The summed E-state index contributed by atoms with van der Waals surface area (Å²) in [6.07, 6.45) is 2.36. The van der Waals surface area contributed by atoms with E-state index in [1.807, 2.05) is 0 Å². The van der Waals surface area contributed by atoms with Crippen LogP contribution in [0.5, 0.6) is 5.75 Å². The lowest BCUT2D eigenvalue weighted by atomic mass is 10.1. The maximum Gasteiger partial charge on any atom is 0.223 e. The quantitative estimate of drug-likeness (QED) is 0.869. The summed E-state index contributed by atoms with van der Waals surface area (Å²) >= 11 is 0. The van der Waals surface area contributed by atoms with E-state index in [0.717, 1.165) is 25.0 Å². The molecule has 1 fully saturated rings. The Bertz CT molecular complexity index is 516. The molecule has 1 amide bonds. The molecule has 3 N–H and O–H groups in total. The van der Waals surface area contributed by atoms with Gasteiger partial charge in [-0.2, -0.15) is 0 Å². The number of halogens is 3. The van der Waals surface area contributed by atoms with Gasteiger partial charge in [-0.25, -0.2) is 8.78 Å². The Hall–Kier alpha value is -1.40. The van der Waals surface area contributed by atoms with Gasteiger partial charge in [0.05, 0.1) is 6.04 Å². The Morgan fingerprint density at radius 3 is 2.77 bits per heavy atom. The van der Waals surface area contributed by atoms with E-state index in [-0.39, 0.29) is 48.7 Å². The molecule has 2 rings (SSSR count). The Kier molecular flexibility index (Phi) is 7.03. The minimum Gasteiger partial charge on any atom is -0.488 e. The summed E-state index contributed by atoms with van der Waals surface area (Å²) in [7, 11) is 0. The van der Waals surface area contributed by atoms with E-state index in [9.17, 15) is 13.6 Å². The van der Waals surface area contributed by atoms with Crippen LogP contribution in [-0.2, 0) is 4.79 Å². The fourth-order valence-electron chi connectivity index (χ4n) is 2.46. The first-order valence-electron chi connectivity index (χ1n) is 7.09. The number of nitrogens with one attached hydrogen (secondary N) is 1. The molecule has 1 aliphatic carbocycles. The van der Waals surface area contributed by atoms with Crippen molar-refractivity contribution < 1.29 is 18.3 Å². The average molecular weight is 335 g/mol. The number of amides is 1. The molecule has 1 aromatic rings. The number of nitrogens with two attached hydrogens (primary N) is 1. The number of hydrogen-bond acceptors (Lipinski definition) is 3. The van der Waals surface area contributed by atoms with Gasteiger partial charge in [0.15, 0.2) is 11.6 Å². The smallest absolute Gasteiger partial charge is 0.223 e. The van der Waals surface area contributed by atoms with Crippen LogP contribution in [0.15, 0.2) is 18.2 Å². The third-order valence-corrected chi connectivity index (χ3v) is 3.62. The van der Waals surface area contributed by atoms with Crippen LogP contribution in [0.1, 0.15) is 26.2 Å². The van der Waals surface area contributed by atoms with Crippen LogP contribution in [0.4, 0.5) is 8.78 Å². The van der Waals surface area contributed by atoms with Crippen molar-refractivity contribution >= 4 is 18.3 Å². The standard InChI is InChI=1S/C15H20F2N2O2.ClH/c1-9(19-15(20)10-2-4-12(18)6-10)8-21-14-5-3-11(16)7-13(14)17;/h3,5,7,9-10,12H,2,4,6,8,18H2,1H3,(H,19,20);1H. The van der Waals surface area contributed by atoms with Crippen LogP contribution in [0.2, 0.25) is 0 Å². The Morgan fingerprint density at radius 2 is 2.18 bits per heavy atom. The highest BCUT2D eigenvalue weighted by molar-refractivity contribution is 5.85. The molecule has 3 unspecified atom stereocenters. The highest BCUT2D eigenvalue weighted by atomic mass is 35.5. The van der Waals surface area contributed by atoms with Gasteiger partial charge in [0.1, 0.15) is 12.4 Å². The van der Waals surface area contributed by atoms with Crippen molar-refractivity contribution in [1.29, 1.82) is 0 Å². The summed E-state index contributed by atoms with van der Waals surface area (Å²) in [6.45, 7) is 1.89. The molecule has 7 heteroatoms. The molecular weight excluding hydrogens is 314 g/mol. The van der Waals surface area contributed by atoms with Crippen molar-refractivity contribution in [3.63, 3.8) is 0 Å². The maximum atomic E-state index is 13.4. The summed E-state index contributed by atoms with van der Waals surface area (Å²) in [5.74, 6) is -1.53. The Morgan fingerprint density at radius 1 is 1.45 bits per heavy atom. The second kappa shape index (κ2) is 8.29. The van der Waals surface area contributed by atoms with E-state index < -0.39 is 11.6 Å². The van der Waals surface area contributed by atoms with Crippen LogP contribution in [-0.4, -0.2) is 24.6 Å². The lowest BCUT2D eigenvalue weighted by Crippen LogP contribution is -2.40. The van der Waals surface area contributed by atoms with Crippen molar-refractivity contribution in [3.05, 3.63) is 29.8 Å². The highest BCUT2D eigenvalue weighted by Gasteiger charge is 2.28. The molecule has 0 aliphatic heterocycles. The number of rotatable bonds is 5. The third kappa shape index (κ3) is 5.10. The zero-order chi connectivity index (χ0) is 15.4. The van der Waals surface area contributed by atoms with Gasteiger partial charge in [0, 0.05) is 18.0 Å². The van der Waals surface area contributed by atoms with Crippen molar-refractivity contribution in [2.75, 3.05) is 6.61 Å². The van der Waals surface area contributed by atoms with E-state index >= 15 is 0 Å². The largest absolute Gasteiger partial charge is 0.488 e. The van der Waals surface area contributed by atoms with Crippen molar-refractivity contribution in [2.24, 2.45) is 11.7 Å². The van der Waals surface area contributed by atoms with Gasteiger partial charge in [-0.05, 0) is 38.3 Å². The third-order valence-electron chi connectivity index (χ3n) is 3.62. The molecule has 1 saturated carbocycles. The second-order valence-electron chi connectivity index (χ2n) is 5.57. The van der Waals surface area contributed by atoms with E-state index in [1.165, 1.54) is 6.07 Å². The molecule has 0 heterocycles. The first kappa shape index (κ1) is 18.6. The van der Waals surface area contributed by atoms with Crippen LogP contribution in [0.3, 0.4) is 0 Å². The van der Waals surface area contributed by atoms with Crippen LogP contribution >= 0.6 is 12.4 Å². The molecule has 0 aromatic heterocycles. The van der Waals surface area contributed by atoms with Crippen LogP contribution in [0, 0.1) is 17.6 Å². The first-order valence-corrected chi connectivity index (χ1v) is 7.09. The van der Waals surface area contributed by atoms with Gasteiger partial charge < -0.3 is 15.8 Å². The maximum absolute atomic E-state index is 13.4. The Balaban J connectivity index is 0.00000242. The summed E-state index contributed by atoms with van der Waals surface area (Å²) in [5, 5.41) is 2.83. The molecule has 0 saturated heterocycles. The molecule has 1 aromatic carbocycles. The zero-order valence-corrected chi connectivity index (χ0v) is 13.2. The summed E-state index contributed by atoms with van der Waals surface area (Å²) < 4.78 is 31.4. The molecule has 3 atom stereocenters. The first-order chi connectivity index (χ1) is 9.95. The van der Waals surface area contributed by atoms with E-state index in [1.54, 1.807) is 6.92 Å². The van der Waals surface area contributed by atoms with Crippen molar-refractivity contribution in [1.82, 2.24) is 5.32 Å². The van der Waals surface area contributed by atoms with Gasteiger partial charge in [0.2, 0.25) is 5.91 Å². The number of carbonyl (C=O) groups excluding carboxylic acids is 1. The number of benzene rings is 1. The van der Waals surface area contributed by atoms with Gasteiger partial charge in [-0.15, -0.1) is 12.4 Å². The topological polar surface area (TPSA) is 64.3 Å². The molecule has 0 bridgehead atoms. The lowest BCUT2D eigenvalue weighted by Gasteiger charge is -2.18. The van der Waals surface area contributed by atoms with Crippen LogP contribution in [0.25, 0.3) is 0 Å². The van der Waals surface area contributed by atoms with E-state index in [4.69, 9.17) is 10.5 Å². The fraction of sp³-hybridized carbons (Fsp3) is 0.533. The van der Waals surface area contributed by atoms with Crippen molar-refractivity contribution in [3.8, 4) is 5.75 Å². The average Bonchev–Trinajstić information content (AvgIpc) is 2.84. The predicted molar refractivity (Wildman–Crippen MR) is 82.0 cm³/mol. The van der Waals surface area contributed by atoms with Gasteiger partial charge >= 0.3 is 0 Å². The van der Waals surface area contributed by atoms with Gasteiger partial charge in [-0.3, -0.25) is 4.79 Å². The molecule has 0 spiro atoms. The normalized spacial score (nSPS) is 21.8. The number of hydrogen-bond donors (Lipinski definition) is 2. The lowest BCUT2D eigenvalue weighted by molar-refractivity contribution is -0.125. The Labute approximate surface area is 134 Å². The molecule has 0 radical (unpaired) electrons. The number of carbonyl (C=O) groups is 1. The number of ether oxygens (including phenoxy) is 1. The van der Waals surface area contributed by atoms with Gasteiger partial charge in [-0.1, -0.05) is 0 Å². The molecule has 1 aliphatic rings. The second-order valence-corrected chi connectivity index (χ2v) is 5.57. The van der Waals surface area contributed by atoms with E-state index in [0.29, 0.717) is 6.42 Å². The summed E-state index contributed by atoms with van der Waals surface area (Å²) in [5.41, 5.74) is 5.78. The zero-order valence-electron chi connectivity index (χ0n) is 12.4. The molecular formula is C15H21ClF2N2O2. The molecule has 22 heavy (non-hydrogen) atoms. The summed E-state index contributed by atoms with van der Waals surface area (Å²) in [6, 6.07) is 2.95. The highest BCUT2D eigenvalue weighted by Crippen LogP contribution is 2.24. The minimum atomic E-state index is -0.754. The molecule has 124 valence electrons. The minimum absolute atomic E-state index is 0. The van der Waals surface area contributed by atoms with Crippen molar-refractivity contribution in [2.45, 2.75) is 38.3 Å². The fourth-order valence-corrected chi connectivity index (χ4v) is 2.46.